The molecule has 1 aliphatic rings. The second-order valence-corrected chi connectivity index (χ2v) is 7.53. The van der Waals surface area contributed by atoms with Crippen LogP contribution in [-0.4, -0.2) is 23.4 Å². The molecule has 1 saturated heterocycles. The maximum atomic E-state index is 12.6. The Labute approximate surface area is 169 Å². The summed E-state index contributed by atoms with van der Waals surface area (Å²) in [5, 5.41) is 14.5. The SMILES string of the molecule is CCc1ccc(C(=O)Nc2cc(N3CCCCC3C)c([N+](=O)[O-])cc2Cl)cc1. The van der Waals surface area contributed by atoms with Gasteiger partial charge in [-0.3, -0.25) is 14.9 Å². The molecular weight excluding hydrogens is 378 g/mol. The minimum absolute atomic E-state index is 0.0379. The van der Waals surface area contributed by atoms with Crippen LogP contribution < -0.4 is 10.2 Å². The highest BCUT2D eigenvalue weighted by Gasteiger charge is 2.27. The first-order valence-electron chi connectivity index (χ1n) is 9.55. The number of aryl methyl sites for hydroxylation is 1. The molecule has 0 saturated carbocycles. The van der Waals surface area contributed by atoms with Gasteiger partial charge in [0, 0.05) is 24.2 Å². The van der Waals surface area contributed by atoms with E-state index in [1.807, 2.05) is 17.0 Å². The van der Waals surface area contributed by atoms with Gasteiger partial charge in [-0.2, -0.15) is 0 Å². The quantitative estimate of drug-likeness (QED) is 0.534. The number of carbonyl (C=O) groups excluding carboxylic acids is 1. The molecule has 1 amide bonds. The van der Waals surface area contributed by atoms with Crippen LogP contribution in [0, 0.1) is 10.1 Å². The molecule has 7 heteroatoms. The second kappa shape index (κ2) is 8.61. The summed E-state index contributed by atoms with van der Waals surface area (Å²) in [7, 11) is 0. The molecule has 148 valence electrons. The fraction of sp³-hybridized carbons (Fsp3) is 0.381. The average molecular weight is 402 g/mol. The van der Waals surface area contributed by atoms with Crippen LogP contribution in [-0.2, 0) is 6.42 Å². The zero-order valence-electron chi connectivity index (χ0n) is 16.1. The van der Waals surface area contributed by atoms with Gasteiger partial charge in [0.05, 0.1) is 15.6 Å². The van der Waals surface area contributed by atoms with Crippen molar-refractivity contribution in [1.82, 2.24) is 0 Å². The molecule has 2 aromatic carbocycles. The lowest BCUT2D eigenvalue weighted by Gasteiger charge is -2.35. The van der Waals surface area contributed by atoms with E-state index in [2.05, 4.69) is 19.2 Å². The van der Waals surface area contributed by atoms with Crippen LogP contribution in [0.2, 0.25) is 5.02 Å². The number of hydrogen-bond acceptors (Lipinski definition) is 4. The lowest BCUT2D eigenvalue weighted by molar-refractivity contribution is -0.384. The van der Waals surface area contributed by atoms with Crippen LogP contribution >= 0.6 is 11.6 Å². The molecule has 6 nitrogen and oxygen atoms in total. The summed E-state index contributed by atoms with van der Waals surface area (Å²) in [6.45, 7) is 4.86. The Kier molecular flexibility index (Phi) is 6.19. The second-order valence-electron chi connectivity index (χ2n) is 7.12. The van der Waals surface area contributed by atoms with Crippen molar-refractivity contribution in [3.63, 3.8) is 0 Å². The minimum Gasteiger partial charge on any atom is -0.363 e. The van der Waals surface area contributed by atoms with E-state index in [0.29, 0.717) is 16.9 Å². The molecule has 1 atom stereocenters. The summed E-state index contributed by atoms with van der Waals surface area (Å²) in [5.74, 6) is -0.295. The van der Waals surface area contributed by atoms with Crippen LogP contribution in [0.15, 0.2) is 36.4 Å². The fourth-order valence-corrected chi connectivity index (χ4v) is 3.77. The van der Waals surface area contributed by atoms with E-state index >= 15 is 0 Å². The maximum absolute atomic E-state index is 12.6. The highest BCUT2D eigenvalue weighted by Crippen LogP contribution is 2.39. The zero-order valence-corrected chi connectivity index (χ0v) is 16.8. The Bertz CT molecular complexity index is 883. The van der Waals surface area contributed by atoms with Crippen LogP contribution in [0.25, 0.3) is 0 Å². The first-order chi connectivity index (χ1) is 13.4. The van der Waals surface area contributed by atoms with Gasteiger partial charge < -0.3 is 10.2 Å². The molecule has 0 spiro atoms. The Morgan fingerprint density at radius 2 is 2.00 bits per heavy atom. The molecule has 1 aliphatic heterocycles. The maximum Gasteiger partial charge on any atom is 0.294 e. The van der Waals surface area contributed by atoms with Gasteiger partial charge in [0.1, 0.15) is 5.69 Å². The van der Waals surface area contributed by atoms with Gasteiger partial charge in [0.2, 0.25) is 0 Å². The first-order valence-corrected chi connectivity index (χ1v) is 9.93. The largest absolute Gasteiger partial charge is 0.363 e. The van der Waals surface area contributed by atoms with E-state index in [-0.39, 0.29) is 22.7 Å². The van der Waals surface area contributed by atoms with Crippen LogP contribution in [0.5, 0.6) is 0 Å². The number of anilines is 2. The Balaban J connectivity index is 1.93. The van der Waals surface area contributed by atoms with Crippen molar-refractivity contribution >= 4 is 34.6 Å². The van der Waals surface area contributed by atoms with Gasteiger partial charge >= 0.3 is 0 Å². The summed E-state index contributed by atoms with van der Waals surface area (Å²) in [6, 6.07) is 10.5. The number of benzene rings is 2. The predicted octanol–water partition coefficient (Wildman–Crippen LogP) is 5.44. The van der Waals surface area contributed by atoms with Gasteiger partial charge in [0.15, 0.2) is 0 Å². The molecule has 0 bridgehead atoms. The number of nitro benzene ring substituents is 1. The van der Waals surface area contributed by atoms with Crippen molar-refractivity contribution in [2.45, 2.75) is 45.6 Å². The highest BCUT2D eigenvalue weighted by molar-refractivity contribution is 6.34. The van der Waals surface area contributed by atoms with Crippen molar-refractivity contribution in [2.24, 2.45) is 0 Å². The normalized spacial score (nSPS) is 16.7. The molecule has 1 heterocycles. The van der Waals surface area contributed by atoms with Crippen molar-refractivity contribution in [1.29, 1.82) is 0 Å². The molecule has 1 unspecified atom stereocenters. The number of piperidine rings is 1. The Morgan fingerprint density at radius 1 is 1.29 bits per heavy atom. The third-order valence-electron chi connectivity index (χ3n) is 5.25. The summed E-state index contributed by atoms with van der Waals surface area (Å²) in [6.07, 6.45) is 3.96. The number of nitrogens with one attached hydrogen (secondary N) is 1. The smallest absolute Gasteiger partial charge is 0.294 e. The molecular formula is C21H24ClN3O3. The number of halogens is 1. The highest BCUT2D eigenvalue weighted by atomic mass is 35.5. The van der Waals surface area contributed by atoms with Crippen molar-refractivity contribution in [2.75, 3.05) is 16.8 Å². The fourth-order valence-electron chi connectivity index (χ4n) is 3.57. The van der Waals surface area contributed by atoms with Gasteiger partial charge in [-0.1, -0.05) is 30.7 Å². The summed E-state index contributed by atoms with van der Waals surface area (Å²) < 4.78 is 0. The van der Waals surface area contributed by atoms with E-state index < -0.39 is 4.92 Å². The number of hydrogen-bond donors (Lipinski definition) is 1. The summed E-state index contributed by atoms with van der Waals surface area (Å²) >= 11 is 6.26. The molecule has 0 aliphatic carbocycles. The zero-order chi connectivity index (χ0) is 20.3. The topological polar surface area (TPSA) is 75.5 Å². The van der Waals surface area contributed by atoms with Crippen molar-refractivity contribution < 1.29 is 9.72 Å². The van der Waals surface area contributed by atoms with Crippen LogP contribution in [0.1, 0.15) is 49.0 Å². The predicted molar refractivity (Wildman–Crippen MR) is 113 cm³/mol. The van der Waals surface area contributed by atoms with E-state index in [1.165, 1.54) is 6.07 Å². The van der Waals surface area contributed by atoms with E-state index in [0.717, 1.165) is 37.8 Å². The number of rotatable bonds is 5. The van der Waals surface area contributed by atoms with E-state index in [1.54, 1.807) is 18.2 Å². The van der Waals surface area contributed by atoms with Crippen molar-refractivity contribution in [3.8, 4) is 0 Å². The monoisotopic (exact) mass is 401 g/mol. The van der Waals surface area contributed by atoms with Gasteiger partial charge in [0.25, 0.3) is 11.6 Å². The first kappa shape index (κ1) is 20.1. The third-order valence-corrected chi connectivity index (χ3v) is 5.56. The molecule has 1 N–H and O–H groups in total. The third kappa shape index (κ3) is 4.28. The van der Waals surface area contributed by atoms with E-state index in [9.17, 15) is 14.9 Å². The molecule has 0 aromatic heterocycles. The molecule has 2 aromatic rings. The Morgan fingerprint density at radius 3 is 2.61 bits per heavy atom. The van der Waals surface area contributed by atoms with Crippen molar-refractivity contribution in [3.05, 3.63) is 62.7 Å². The summed E-state index contributed by atoms with van der Waals surface area (Å²) in [4.78, 5) is 25.8. The number of amides is 1. The number of nitrogens with zero attached hydrogens (tertiary/aromatic N) is 2. The van der Waals surface area contributed by atoms with Crippen LogP contribution in [0.4, 0.5) is 17.1 Å². The van der Waals surface area contributed by atoms with Crippen LogP contribution in [0.3, 0.4) is 0 Å². The lowest BCUT2D eigenvalue weighted by atomic mass is 10.0. The molecule has 0 radical (unpaired) electrons. The standard InChI is InChI=1S/C21H24ClN3O3/c1-3-15-7-9-16(10-8-15)21(26)23-18-13-19(20(25(27)28)12-17(18)22)24-11-5-4-6-14(24)2/h7-10,12-14H,3-6,11H2,1-2H3,(H,23,26). The average Bonchev–Trinajstić information content (AvgIpc) is 2.69. The molecule has 28 heavy (non-hydrogen) atoms. The molecule has 3 rings (SSSR count). The van der Waals surface area contributed by atoms with Gasteiger partial charge in [-0.15, -0.1) is 0 Å². The van der Waals surface area contributed by atoms with Gasteiger partial charge in [-0.05, 0) is 56.4 Å². The minimum atomic E-state index is -0.419. The van der Waals surface area contributed by atoms with Gasteiger partial charge in [-0.25, -0.2) is 0 Å². The number of nitro groups is 1. The lowest BCUT2D eigenvalue weighted by Crippen LogP contribution is -2.37. The summed E-state index contributed by atoms with van der Waals surface area (Å²) in [5.41, 5.74) is 2.50. The van der Waals surface area contributed by atoms with E-state index in [4.69, 9.17) is 11.6 Å². The molecule has 1 fully saturated rings. The Hall–Kier alpha value is -2.60. The number of carbonyl (C=O) groups is 1.